The summed E-state index contributed by atoms with van der Waals surface area (Å²) in [6.07, 6.45) is 0. The van der Waals surface area contributed by atoms with Crippen molar-refractivity contribution in [1.82, 2.24) is 4.98 Å². The molecule has 14 heavy (non-hydrogen) atoms. The van der Waals surface area contributed by atoms with Crippen LogP contribution >= 0.6 is 15.9 Å². The van der Waals surface area contributed by atoms with Crippen molar-refractivity contribution >= 4 is 32.8 Å². The average molecular weight is 252 g/mol. The maximum atomic E-state index is 10.7. The van der Waals surface area contributed by atoms with Gasteiger partial charge < -0.3 is 5.11 Å². The van der Waals surface area contributed by atoms with Gasteiger partial charge in [0, 0.05) is 5.39 Å². The van der Waals surface area contributed by atoms with Gasteiger partial charge in [0.25, 0.3) is 0 Å². The summed E-state index contributed by atoms with van der Waals surface area (Å²) in [6.45, 7) is 0. The lowest BCUT2D eigenvalue weighted by Crippen LogP contribution is -1.95. The van der Waals surface area contributed by atoms with E-state index in [9.17, 15) is 4.79 Å². The second kappa shape index (κ2) is 3.38. The molecule has 0 saturated heterocycles. The number of carbonyl (C=O) groups is 1. The Labute approximate surface area is 88.5 Å². The summed E-state index contributed by atoms with van der Waals surface area (Å²) in [6, 6.07) is 8.47. The monoisotopic (exact) mass is 251 g/mol. The molecule has 0 unspecified atom stereocenters. The zero-order valence-corrected chi connectivity index (χ0v) is 8.65. The highest BCUT2D eigenvalue weighted by Crippen LogP contribution is 2.17. The number of aromatic carboxylic acids is 1. The first kappa shape index (κ1) is 9.15. The van der Waals surface area contributed by atoms with Crippen molar-refractivity contribution in [3.05, 3.63) is 40.5 Å². The quantitative estimate of drug-likeness (QED) is 0.794. The van der Waals surface area contributed by atoms with Gasteiger partial charge in [-0.15, -0.1) is 0 Å². The standard InChI is InChI=1S/C10H6BrNO2/c11-9-4-2-6-5-7(10(13)14)1-3-8(6)12-9/h1-5H,(H,13,14). The molecule has 1 aromatic carbocycles. The van der Waals surface area contributed by atoms with E-state index in [-0.39, 0.29) is 5.56 Å². The Morgan fingerprint density at radius 2 is 2.07 bits per heavy atom. The fourth-order valence-corrected chi connectivity index (χ4v) is 1.56. The number of carboxylic acid groups (broad SMARTS) is 1. The van der Waals surface area contributed by atoms with Crippen molar-refractivity contribution in [2.45, 2.75) is 0 Å². The van der Waals surface area contributed by atoms with Crippen LogP contribution in [0.4, 0.5) is 0 Å². The summed E-state index contributed by atoms with van der Waals surface area (Å²) in [4.78, 5) is 14.9. The number of aromatic nitrogens is 1. The Bertz CT molecular complexity index is 510. The van der Waals surface area contributed by atoms with E-state index < -0.39 is 5.97 Å². The molecule has 0 saturated carbocycles. The first-order chi connectivity index (χ1) is 6.66. The van der Waals surface area contributed by atoms with Crippen molar-refractivity contribution in [2.24, 2.45) is 0 Å². The Kier molecular flexibility index (Phi) is 2.21. The third-order valence-corrected chi connectivity index (χ3v) is 2.34. The Hall–Kier alpha value is -1.42. The largest absolute Gasteiger partial charge is 0.478 e. The van der Waals surface area contributed by atoms with Gasteiger partial charge in [-0.05, 0) is 40.2 Å². The average Bonchev–Trinajstić information content (AvgIpc) is 2.16. The van der Waals surface area contributed by atoms with E-state index in [0.717, 1.165) is 15.5 Å². The summed E-state index contributed by atoms with van der Waals surface area (Å²) in [5.41, 5.74) is 1.06. The summed E-state index contributed by atoms with van der Waals surface area (Å²) < 4.78 is 0.744. The molecule has 4 heteroatoms. The summed E-state index contributed by atoms with van der Waals surface area (Å²) in [7, 11) is 0. The van der Waals surface area contributed by atoms with Crippen LogP contribution in [-0.2, 0) is 0 Å². The van der Waals surface area contributed by atoms with Crippen LogP contribution in [0.3, 0.4) is 0 Å². The molecule has 70 valence electrons. The molecule has 0 amide bonds. The van der Waals surface area contributed by atoms with Crippen LogP contribution in [0.5, 0.6) is 0 Å². The highest BCUT2D eigenvalue weighted by molar-refractivity contribution is 9.10. The maximum Gasteiger partial charge on any atom is 0.335 e. The molecule has 2 rings (SSSR count). The van der Waals surface area contributed by atoms with Crippen molar-refractivity contribution in [3.8, 4) is 0 Å². The van der Waals surface area contributed by atoms with Gasteiger partial charge in [0.15, 0.2) is 0 Å². The third-order valence-electron chi connectivity index (χ3n) is 1.90. The van der Waals surface area contributed by atoms with Gasteiger partial charge in [0.05, 0.1) is 11.1 Å². The molecule has 0 aliphatic heterocycles. The molecule has 0 aliphatic rings. The first-order valence-corrected chi connectivity index (χ1v) is 4.76. The highest BCUT2D eigenvalue weighted by Gasteiger charge is 2.03. The summed E-state index contributed by atoms with van der Waals surface area (Å²) in [5, 5.41) is 9.60. The zero-order chi connectivity index (χ0) is 10.1. The molecular formula is C10H6BrNO2. The van der Waals surface area contributed by atoms with E-state index in [4.69, 9.17) is 5.11 Å². The number of carboxylic acids is 1. The number of benzene rings is 1. The topological polar surface area (TPSA) is 50.2 Å². The Balaban J connectivity index is 2.67. The van der Waals surface area contributed by atoms with Gasteiger partial charge >= 0.3 is 5.97 Å². The van der Waals surface area contributed by atoms with E-state index in [1.54, 1.807) is 24.3 Å². The molecule has 0 atom stereocenters. The highest BCUT2D eigenvalue weighted by atomic mass is 79.9. The smallest absolute Gasteiger partial charge is 0.335 e. The van der Waals surface area contributed by atoms with Gasteiger partial charge in [-0.25, -0.2) is 9.78 Å². The van der Waals surface area contributed by atoms with Crippen LogP contribution in [-0.4, -0.2) is 16.1 Å². The van der Waals surface area contributed by atoms with Crippen molar-refractivity contribution in [3.63, 3.8) is 0 Å². The molecule has 1 aromatic heterocycles. The molecule has 0 bridgehead atoms. The van der Waals surface area contributed by atoms with Crippen LogP contribution in [0.1, 0.15) is 10.4 Å². The van der Waals surface area contributed by atoms with Gasteiger partial charge in [-0.2, -0.15) is 0 Å². The number of hydrogen-bond acceptors (Lipinski definition) is 2. The number of nitrogens with zero attached hydrogens (tertiary/aromatic N) is 1. The summed E-state index contributed by atoms with van der Waals surface area (Å²) in [5.74, 6) is -0.921. The van der Waals surface area contributed by atoms with Gasteiger partial charge in [-0.3, -0.25) is 0 Å². The van der Waals surface area contributed by atoms with Gasteiger partial charge in [-0.1, -0.05) is 6.07 Å². The lowest BCUT2D eigenvalue weighted by Gasteiger charge is -1.99. The molecule has 2 aromatic rings. The maximum absolute atomic E-state index is 10.7. The third kappa shape index (κ3) is 1.61. The second-order valence-corrected chi connectivity index (χ2v) is 3.66. The lowest BCUT2D eigenvalue weighted by molar-refractivity contribution is 0.0697. The first-order valence-electron chi connectivity index (χ1n) is 3.96. The number of halogens is 1. The SMILES string of the molecule is O=C(O)c1ccc2nc(Br)ccc2c1. The molecule has 0 fully saturated rings. The van der Waals surface area contributed by atoms with E-state index in [1.165, 1.54) is 0 Å². The molecular weight excluding hydrogens is 246 g/mol. The molecule has 3 nitrogen and oxygen atoms in total. The van der Waals surface area contributed by atoms with E-state index in [0.29, 0.717) is 0 Å². The zero-order valence-electron chi connectivity index (χ0n) is 7.07. The van der Waals surface area contributed by atoms with E-state index >= 15 is 0 Å². The van der Waals surface area contributed by atoms with E-state index in [2.05, 4.69) is 20.9 Å². The molecule has 1 N–H and O–H groups in total. The van der Waals surface area contributed by atoms with Crippen LogP contribution in [0.25, 0.3) is 10.9 Å². The van der Waals surface area contributed by atoms with Crippen LogP contribution in [0, 0.1) is 0 Å². The number of pyridine rings is 1. The molecule has 0 radical (unpaired) electrons. The van der Waals surface area contributed by atoms with Crippen LogP contribution < -0.4 is 0 Å². The van der Waals surface area contributed by atoms with Crippen LogP contribution in [0.2, 0.25) is 0 Å². The normalized spacial score (nSPS) is 10.4. The van der Waals surface area contributed by atoms with Crippen molar-refractivity contribution in [1.29, 1.82) is 0 Å². The minimum Gasteiger partial charge on any atom is -0.478 e. The van der Waals surface area contributed by atoms with Crippen LogP contribution in [0.15, 0.2) is 34.9 Å². The number of hydrogen-bond donors (Lipinski definition) is 1. The van der Waals surface area contributed by atoms with Crippen molar-refractivity contribution in [2.75, 3.05) is 0 Å². The van der Waals surface area contributed by atoms with Crippen molar-refractivity contribution < 1.29 is 9.90 Å². The molecule has 1 heterocycles. The summed E-state index contributed by atoms with van der Waals surface area (Å²) >= 11 is 3.25. The minimum absolute atomic E-state index is 0.279. The molecule has 0 aliphatic carbocycles. The van der Waals surface area contributed by atoms with Gasteiger partial charge in [0.1, 0.15) is 4.60 Å². The number of fused-ring (bicyclic) bond motifs is 1. The fraction of sp³-hybridized carbons (Fsp3) is 0. The lowest BCUT2D eigenvalue weighted by atomic mass is 10.1. The molecule has 0 spiro atoms. The fourth-order valence-electron chi connectivity index (χ4n) is 1.23. The number of rotatable bonds is 1. The Morgan fingerprint density at radius 1 is 1.29 bits per heavy atom. The van der Waals surface area contributed by atoms with Gasteiger partial charge in [0.2, 0.25) is 0 Å². The predicted octanol–water partition coefficient (Wildman–Crippen LogP) is 2.70. The second-order valence-electron chi connectivity index (χ2n) is 2.85. The minimum atomic E-state index is -0.921. The van der Waals surface area contributed by atoms with E-state index in [1.807, 2.05) is 6.07 Å². The predicted molar refractivity (Wildman–Crippen MR) is 56.4 cm³/mol. The Morgan fingerprint density at radius 3 is 2.79 bits per heavy atom.